The number of amides is 4. The van der Waals surface area contributed by atoms with Gasteiger partial charge < -0.3 is 19.9 Å². The Hall–Kier alpha value is -4.78. The van der Waals surface area contributed by atoms with E-state index in [0.29, 0.717) is 37.4 Å². The number of benzene rings is 2. The largest absolute Gasteiger partial charge is 0.488 e. The molecule has 4 fully saturated rings. The fourth-order valence-corrected chi connectivity index (χ4v) is 9.51. The first-order valence-electron chi connectivity index (χ1n) is 19.8. The topological polar surface area (TPSA) is 155 Å². The molecule has 13 heteroatoms. The molecule has 1 aromatic heterocycles. The number of fused-ring (bicyclic) bond motifs is 1. The molecule has 0 radical (unpaired) electrons. The molecular weight excluding hydrogens is 731 g/mol. The van der Waals surface area contributed by atoms with E-state index in [1.165, 1.54) is 11.0 Å². The lowest BCUT2D eigenvalue weighted by Gasteiger charge is -2.36. The second kappa shape index (κ2) is 15.3. The van der Waals surface area contributed by atoms with Gasteiger partial charge in [-0.1, -0.05) is 68.8 Å². The second-order valence-electron chi connectivity index (χ2n) is 17.1. The van der Waals surface area contributed by atoms with Crippen molar-refractivity contribution in [1.82, 2.24) is 24.8 Å². The third kappa shape index (κ3) is 8.19. The Morgan fingerprint density at radius 2 is 1.75 bits per heavy atom. The molecule has 3 aromatic rings. The number of nitrogens with zero attached hydrogens (tertiary/aromatic N) is 3. The van der Waals surface area contributed by atoms with Crippen LogP contribution in [0.15, 0.2) is 67.3 Å². The molecule has 2 saturated carbocycles. The lowest BCUT2D eigenvalue weighted by atomic mass is 9.77. The van der Waals surface area contributed by atoms with Gasteiger partial charge in [-0.3, -0.25) is 23.9 Å². The van der Waals surface area contributed by atoms with Gasteiger partial charge >= 0.3 is 0 Å². The lowest BCUT2D eigenvalue weighted by molar-refractivity contribution is -0.148. The molecule has 2 aliphatic heterocycles. The molecule has 2 unspecified atom stereocenters. The van der Waals surface area contributed by atoms with Gasteiger partial charge in [0.2, 0.25) is 27.7 Å². The van der Waals surface area contributed by atoms with E-state index in [1.807, 2.05) is 87.2 Å². The Morgan fingerprint density at radius 3 is 2.39 bits per heavy atom. The average molecular weight is 784 g/mol. The number of aromatic nitrogens is 1. The van der Waals surface area contributed by atoms with E-state index < -0.39 is 62.0 Å². The number of pyridine rings is 1. The van der Waals surface area contributed by atoms with Gasteiger partial charge in [0.25, 0.3) is 5.91 Å². The number of nitrogens with one attached hydrogen (secondary N) is 2. The van der Waals surface area contributed by atoms with E-state index in [-0.39, 0.29) is 37.6 Å². The predicted molar refractivity (Wildman–Crippen MR) is 214 cm³/mol. The molecule has 0 spiro atoms. The fraction of sp³-hybridized carbons (Fsp3) is 0.512. The summed E-state index contributed by atoms with van der Waals surface area (Å²) in [5, 5.41) is 3.04. The van der Waals surface area contributed by atoms with Gasteiger partial charge in [-0.05, 0) is 63.0 Å². The van der Waals surface area contributed by atoms with Crippen LogP contribution < -0.4 is 14.8 Å². The van der Waals surface area contributed by atoms with Gasteiger partial charge in [0.05, 0.1) is 28.9 Å². The average Bonchev–Trinajstić information content (AvgIpc) is 4.10. The molecule has 7 rings (SSSR count). The van der Waals surface area contributed by atoms with E-state index in [4.69, 9.17) is 9.72 Å². The highest BCUT2D eigenvalue weighted by molar-refractivity contribution is 7.91. The Morgan fingerprint density at radius 1 is 1.04 bits per heavy atom. The minimum Gasteiger partial charge on any atom is -0.488 e. The van der Waals surface area contributed by atoms with Crippen LogP contribution in [0.2, 0.25) is 0 Å². The van der Waals surface area contributed by atoms with Crippen LogP contribution in [0.1, 0.15) is 77.7 Å². The van der Waals surface area contributed by atoms with Gasteiger partial charge in [0.15, 0.2) is 0 Å². The molecule has 2 aromatic carbocycles. The number of hydrogen-bond donors (Lipinski definition) is 2. The van der Waals surface area contributed by atoms with Crippen LogP contribution in [0.25, 0.3) is 22.2 Å². The molecule has 0 bridgehead atoms. The number of rotatable bonds is 12. The molecule has 2 N–H and O–H groups in total. The highest BCUT2D eigenvalue weighted by atomic mass is 32.2. The van der Waals surface area contributed by atoms with E-state index in [9.17, 15) is 27.6 Å². The number of likely N-dealkylation sites (tertiary alicyclic amines) is 2. The summed E-state index contributed by atoms with van der Waals surface area (Å²) in [7, 11) is -3.89. The first-order chi connectivity index (χ1) is 26.6. The maximum Gasteiger partial charge on any atom is 0.259 e. The molecule has 3 heterocycles. The summed E-state index contributed by atoms with van der Waals surface area (Å²) < 4.78 is 34.6. The Balaban J connectivity index is 1.21. The number of sulfonamides is 1. The van der Waals surface area contributed by atoms with Crippen LogP contribution >= 0.6 is 0 Å². The SMILES string of the molecule is C=CC1C[C@]1(NC(=O)[C@@H]1C[C@@H](Oc2cc(-c3ccccc3)nc3ccc(C)cc23)CN1C(=O)C(CC(=O)N1CCCCC1)C(C)(C)C)C(=O)NS(=O)(=O)C1CC1. The first-order valence-corrected chi connectivity index (χ1v) is 21.4. The van der Waals surface area contributed by atoms with Crippen molar-refractivity contribution in [2.75, 3.05) is 19.6 Å². The van der Waals surface area contributed by atoms with E-state index >= 15 is 0 Å². The van der Waals surface area contributed by atoms with Crippen LogP contribution in [0, 0.1) is 24.2 Å². The zero-order valence-electron chi connectivity index (χ0n) is 32.8. The fourth-order valence-electron chi connectivity index (χ4n) is 8.15. The molecule has 12 nitrogen and oxygen atoms in total. The number of ether oxygens (including phenoxy) is 1. The predicted octanol–water partition coefficient (Wildman–Crippen LogP) is 5.29. The summed E-state index contributed by atoms with van der Waals surface area (Å²) in [6.45, 7) is 12.9. The highest BCUT2D eigenvalue weighted by Crippen LogP contribution is 2.46. The molecule has 56 heavy (non-hydrogen) atoms. The molecular formula is C43H53N5O7S. The maximum absolute atomic E-state index is 14.9. The van der Waals surface area contributed by atoms with Crippen LogP contribution in [-0.2, 0) is 29.2 Å². The van der Waals surface area contributed by atoms with Crippen molar-refractivity contribution in [2.45, 2.75) is 102 Å². The lowest BCUT2D eigenvalue weighted by Crippen LogP contribution is -2.57. The summed E-state index contributed by atoms with van der Waals surface area (Å²) in [5.74, 6) is -2.52. The molecule has 298 valence electrons. The van der Waals surface area contributed by atoms with Gasteiger partial charge in [0.1, 0.15) is 23.4 Å². The zero-order chi connectivity index (χ0) is 40.0. The van der Waals surface area contributed by atoms with Gasteiger partial charge in [0, 0.05) is 48.9 Å². The van der Waals surface area contributed by atoms with Gasteiger partial charge in [-0.25, -0.2) is 13.4 Å². The van der Waals surface area contributed by atoms with Crippen molar-refractivity contribution < 1.29 is 32.3 Å². The molecule has 2 saturated heterocycles. The Labute approximate surface area is 329 Å². The van der Waals surface area contributed by atoms with Crippen molar-refractivity contribution >= 4 is 44.6 Å². The Kier molecular flexibility index (Phi) is 10.8. The number of aryl methyl sites for hydroxylation is 1. The third-order valence-electron chi connectivity index (χ3n) is 11.8. The van der Waals surface area contributed by atoms with Crippen LogP contribution in [0.4, 0.5) is 0 Å². The third-order valence-corrected chi connectivity index (χ3v) is 13.6. The summed E-state index contributed by atoms with van der Waals surface area (Å²) in [6.07, 6.45) is 5.02. The number of carbonyl (C=O) groups excluding carboxylic acids is 4. The monoisotopic (exact) mass is 783 g/mol. The summed E-state index contributed by atoms with van der Waals surface area (Å²) >= 11 is 0. The van der Waals surface area contributed by atoms with E-state index in [1.54, 1.807) is 0 Å². The second-order valence-corrected chi connectivity index (χ2v) is 19.1. The van der Waals surface area contributed by atoms with Crippen LogP contribution in [0.5, 0.6) is 5.75 Å². The summed E-state index contributed by atoms with van der Waals surface area (Å²) in [4.78, 5) is 64.9. The molecule has 4 amide bonds. The molecule has 4 aliphatic rings. The normalized spacial score (nSPS) is 24.3. The molecule has 5 atom stereocenters. The van der Waals surface area contributed by atoms with E-state index in [2.05, 4.69) is 16.6 Å². The standard InChI is InChI=1S/C43H53N5O7S/c1-6-29-25-43(29,41(52)46-56(53,54)31-16-17-31)45-39(50)36-22-30(26-48(36)40(51)33(42(3,4)5)23-38(49)47-19-11-8-12-20-47)55-37-24-35(28-13-9-7-10-14-28)44-34-18-15-27(2)21-32(34)37/h6-7,9-10,13-15,18,21,24,29-31,33,36H,1,8,11-12,16-17,19-20,22-23,25-26H2,2-5H3,(H,45,50)(H,46,52)/t29?,30-,33?,36+,43-/m1/s1. The van der Waals surface area contributed by atoms with Gasteiger partial charge in [-0.2, -0.15) is 0 Å². The zero-order valence-corrected chi connectivity index (χ0v) is 33.6. The smallest absolute Gasteiger partial charge is 0.259 e. The van der Waals surface area contributed by atoms with Crippen molar-refractivity contribution in [2.24, 2.45) is 17.3 Å². The van der Waals surface area contributed by atoms with Crippen molar-refractivity contribution in [3.63, 3.8) is 0 Å². The van der Waals surface area contributed by atoms with Crippen LogP contribution in [-0.4, -0.2) is 89.4 Å². The minimum atomic E-state index is -3.89. The van der Waals surface area contributed by atoms with Crippen LogP contribution in [0.3, 0.4) is 0 Å². The van der Waals surface area contributed by atoms with Crippen molar-refractivity contribution in [1.29, 1.82) is 0 Å². The van der Waals surface area contributed by atoms with Crippen molar-refractivity contribution in [3.05, 3.63) is 72.8 Å². The molecule has 2 aliphatic carbocycles. The Bertz CT molecular complexity index is 2140. The van der Waals surface area contributed by atoms with Gasteiger partial charge in [-0.15, -0.1) is 6.58 Å². The van der Waals surface area contributed by atoms with Crippen molar-refractivity contribution in [3.8, 4) is 17.0 Å². The maximum atomic E-state index is 14.9. The minimum absolute atomic E-state index is 0.00267. The van der Waals surface area contributed by atoms with E-state index in [0.717, 1.165) is 41.3 Å². The highest BCUT2D eigenvalue weighted by Gasteiger charge is 2.62. The number of carbonyl (C=O) groups is 4. The summed E-state index contributed by atoms with van der Waals surface area (Å²) in [5.41, 5.74) is 1.20. The number of hydrogen-bond acceptors (Lipinski definition) is 8. The number of piperidine rings is 1. The first kappa shape index (κ1) is 39.5. The summed E-state index contributed by atoms with van der Waals surface area (Å²) in [6, 6.07) is 16.5. The quantitative estimate of drug-likeness (QED) is 0.235.